The van der Waals surface area contributed by atoms with Gasteiger partial charge in [-0.2, -0.15) is 0 Å². The van der Waals surface area contributed by atoms with E-state index in [0.717, 1.165) is 4.31 Å². The lowest BCUT2D eigenvalue weighted by atomic mass is 10.4. The third-order valence-corrected chi connectivity index (χ3v) is 4.20. The summed E-state index contributed by atoms with van der Waals surface area (Å²) in [6.07, 6.45) is 4.29. The Bertz CT molecular complexity index is 626. The summed E-state index contributed by atoms with van der Waals surface area (Å²) in [6.45, 7) is 0. The van der Waals surface area contributed by atoms with E-state index in [9.17, 15) is 8.42 Å². The first-order valence-corrected chi connectivity index (χ1v) is 6.56. The zero-order valence-corrected chi connectivity index (χ0v) is 10.5. The first-order chi connectivity index (χ1) is 8.51. The number of pyridine rings is 2. The summed E-state index contributed by atoms with van der Waals surface area (Å²) in [4.78, 5) is 7.75. The Kier molecular flexibility index (Phi) is 3.15. The van der Waals surface area contributed by atoms with Crippen molar-refractivity contribution in [2.24, 2.45) is 0 Å². The average Bonchev–Trinajstić information content (AvgIpc) is 2.39. The number of nitrogens with two attached hydrogens (primary N) is 1. The van der Waals surface area contributed by atoms with Crippen LogP contribution in [0.15, 0.2) is 47.8 Å². The zero-order valence-electron chi connectivity index (χ0n) is 9.69. The SMILES string of the molecule is CN(c1cccnc1)S(=O)(=O)c1ccc(N)nc1. The van der Waals surface area contributed by atoms with Crippen LogP contribution in [0.4, 0.5) is 11.5 Å². The van der Waals surface area contributed by atoms with Crippen molar-refractivity contribution in [1.82, 2.24) is 9.97 Å². The van der Waals surface area contributed by atoms with Crippen molar-refractivity contribution in [2.75, 3.05) is 17.1 Å². The summed E-state index contributed by atoms with van der Waals surface area (Å²) >= 11 is 0. The van der Waals surface area contributed by atoms with Crippen LogP contribution in [-0.4, -0.2) is 25.4 Å². The molecule has 2 aromatic rings. The largest absolute Gasteiger partial charge is 0.384 e. The van der Waals surface area contributed by atoms with E-state index >= 15 is 0 Å². The highest BCUT2D eigenvalue weighted by Crippen LogP contribution is 2.20. The molecular formula is C11H12N4O2S. The van der Waals surface area contributed by atoms with Crippen LogP contribution >= 0.6 is 0 Å². The number of hydrogen-bond donors (Lipinski definition) is 1. The molecule has 6 nitrogen and oxygen atoms in total. The fourth-order valence-electron chi connectivity index (χ4n) is 1.38. The van der Waals surface area contributed by atoms with Crippen molar-refractivity contribution in [3.8, 4) is 0 Å². The monoisotopic (exact) mass is 264 g/mol. The summed E-state index contributed by atoms with van der Waals surface area (Å²) in [7, 11) is -2.17. The van der Waals surface area contributed by atoms with Crippen molar-refractivity contribution in [3.63, 3.8) is 0 Å². The lowest BCUT2D eigenvalue weighted by molar-refractivity contribution is 0.594. The van der Waals surface area contributed by atoms with E-state index in [1.165, 1.54) is 31.6 Å². The number of nitrogens with zero attached hydrogens (tertiary/aromatic N) is 3. The molecule has 2 N–H and O–H groups in total. The molecule has 0 amide bonds. The van der Waals surface area contributed by atoms with Crippen molar-refractivity contribution in [2.45, 2.75) is 4.90 Å². The van der Waals surface area contributed by atoms with Gasteiger partial charge in [0.25, 0.3) is 10.0 Å². The summed E-state index contributed by atoms with van der Waals surface area (Å²) < 4.78 is 25.7. The van der Waals surface area contributed by atoms with Gasteiger partial charge in [-0.25, -0.2) is 13.4 Å². The molecule has 0 unspecified atom stereocenters. The van der Waals surface area contributed by atoms with Gasteiger partial charge in [0.2, 0.25) is 0 Å². The molecule has 0 aliphatic rings. The molecule has 0 atom stereocenters. The second kappa shape index (κ2) is 4.61. The molecule has 0 bridgehead atoms. The number of nitrogen functional groups attached to an aromatic ring is 1. The second-order valence-electron chi connectivity index (χ2n) is 3.60. The number of rotatable bonds is 3. The molecule has 2 rings (SSSR count). The summed E-state index contributed by atoms with van der Waals surface area (Å²) in [5.41, 5.74) is 5.91. The van der Waals surface area contributed by atoms with Crippen molar-refractivity contribution >= 4 is 21.5 Å². The molecule has 0 aromatic carbocycles. The molecule has 0 saturated heterocycles. The van der Waals surface area contributed by atoms with E-state index in [2.05, 4.69) is 9.97 Å². The van der Waals surface area contributed by atoms with Crippen LogP contribution < -0.4 is 10.0 Å². The van der Waals surface area contributed by atoms with Gasteiger partial charge in [-0.3, -0.25) is 9.29 Å². The van der Waals surface area contributed by atoms with E-state index in [1.807, 2.05) is 0 Å². The maximum atomic E-state index is 12.3. The minimum absolute atomic E-state index is 0.0862. The standard InChI is InChI=1S/C11H12N4O2S/c1-15(9-3-2-6-13-7-9)18(16,17)10-4-5-11(12)14-8-10/h2-8H,1H3,(H2,12,14). The zero-order chi connectivity index (χ0) is 13.2. The highest BCUT2D eigenvalue weighted by molar-refractivity contribution is 7.92. The summed E-state index contributed by atoms with van der Waals surface area (Å²) in [5.74, 6) is 0.276. The third-order valence-electron chi connectivity index (χ3n) is 2.43. The molecule has 0 fully saturated rings. The van der Waals surface area contributed by atoms with Crippen LogP contribution in [0.3, 0.4) is 0 Å². The minimum Gasteiger partial charge on any atom is -0.384 e. The first-order valence-electron chi connectivity index (χ1n) is 5.12. The normalized spacial score (nSPS) is 11.2. The van der Waals surface area contributed by atoms with Gasteiger partial charge < -0.3 is 5.73 Å². The molecule has 94 valence electrons. The van der Waals surface area contributed by atoms with E-state index in [-0.39, 0.29) is 10.7 Å². The van der Waals surface area contributed by atoms with Gasteiger partial charge in [0.05, 0.1) is 11.9 Å². The lowest BCUT2D eigenvalue weighted by Crippen LogP contribution is -2.26. The van der Waals surface area contributed by atoms with Gasteiger partial charge in [-0.1, -0.05) is 0 Å². The Morgan fingerprint density at radius 2 is 2.00 bits per heavy atom. The van der Waals surface area contributed by atoms with Crippen molar-refractivity contribution in [3.05, 3.63) is 42.9 Å². The topological polar surface area (TPSA) is 89.2 Å². The summed E-state index contributed by atoms with van der Waals surface area (Å²) in [5, 5.41) is 0. The molecule has 2 aromatic heterocycles. The maximum absolute atomic E-state index is 12.3. The molecule has 0 aliphatic carbocycles. The lowest BCUT2D eigenvalue weighted by Gasteiger charge is -2.18. The van der Waals surface area contributed by atoms with Gasteiger partial charge in [0, 0.05) is 19.4 Å². The Hall–Kier alpha value is -2.15. The van der Waals surface area contributed by atoms with E-state index < -0.39 is 10.0 Å². The van der Waals surface area contributed by atoms with Crippen LogP contribution in [0.2, 0.25) is 0 Å². The quantitative estimate of drug-likeness (QED) is 0.889. The maximum Gasteiger partial charge on any atom is 0.265 e. The molecule has 18 heavy (non-hydrogen) atoms. The Balaban J connectivity index is 2.40. The number of anilines is 2. The van der Waals surface area contributed by atoms with Crippen LogP contribution in [-0.2, 0) is 10.0 Å². The smallest absolute Gasteiger partial charge is 0.265 e. The van der Waals surface area contributed by atoms with E-state index in [0.29, 0.717) is 5.69 Å². The molecule has 0 aliphatic heterocycles. The number of sulfonamides is 1. The van der Waals surface area contributed by atoms with Crippen molar-refractivity contribution < 1.29 is 8.42 Å². The van der Waals surface area contributed by atoms with Crippen LogP contribution in [0, 0.1) is 0 Å². The predicted molar refractivity (Wildman–Crippen MR) is 68.5 cm³/mol. The average molecular weight is 264 g/mol. The van der Waals surface area contributed by atoms with Gasteiger partial charge in [0.15, 0.2) is 0 Å². The van der Waals surface area contributed by atoms with Crippen molar-refractivity contribution in [1.29, 1.82) is 0 Å². The Morgan fingerprint density at radius 1 is 1.22 bits per heavy atom. The second-order valence-corrected chi connectivity index (χ2v) is 5.57. The van der Waals surface area contributed by atoms with Crippen LogP contribution in [0.5, 0.6) is 0 Å². The summed E-state index contributed by atoms with van der Waals surface area (Å²) in [6, 6.07) is 6.20. The van der Waals surface area contributed by atoms with E-state index in [1.54, 1.807) is 18.3 Å². The number of hydrogen-bond acceptors (Lipinski definition) is 5. The Morgan fingerprint density at radius 3 is 2.56 bits per heavy atom. The van der Waals surface area contributed by atoms with E-state index in [4.69, 9.17) is 5.73 Å². The molecule has 0 saturated carbocycles. The number of aromatic nitrogens is 2. The molecule has 0 spiro atoms. The first kappa shape index (κ1) is 12.3. The van der Waals surface area contributed by atoms with Gasteiger partial charge in [-0.05, 0) is 24.3 Å². The fraction of sp³-hybridized carbons (Fsp3) is 0.0909. The highest BCUT2D eigenvalue weighted by Gasteiger charge is 2.21. The molecule has 7 heteroatoms. The van der Waals surface area contributed by atoms with Gasteiger partial charge in [-0.15, -0.1) is 0 Å². The highest BCUT2D eigenvalue weighted by atomic mass is 32.2. The van der Waals surface area contributed by atoms with Gasteiger partial charge >= 0.3 is 0 Å². The molecule has 2 heterocycles. The molecule has 0 radical (unpaired) electrons. The predicted octanol–water partition coefficient (Wildman–Crippen LogP) is 0.884. The Labute approximate surface area is 105 Å². The minimum atomic E-state index is -3.63. The van der Waals surface area contributed by atoms with Gasteiger partial charge in [0.1, 0.15) is 10.7 Å². The third kappa shape index (κ3) is 2.25. The molecular weight excluding hydrogens is 252 g/mol. The van der Waals surface area contributed by atoms with Crippen LogP contribution in [0.1, 0.15) is 0 Å². The fourth-order valence-corrected chi connectivity index (χ4v) is 2.51. The van der Waals surface area contributed by atoms with Crippen LogP contribution in [0.25, 0.3) is 0 Å².